The fourth-order valence-corrected chi connectivity index (χ4v) is 2.66. The van der Waals surface area contributed by atoms with Gasteiger partial charge in [0.1, 0.15) is 0 Å². The summed E-state index contributed by atoms with van der Waals surface area (Å²) in [6.07, 6.45) is -8.17. The average Bonchev–Trinajstić information content (AvgIpc) is 2.97. The van der Waals surface area contributed by atoms with Gasteiger partial charge in [-0.25, -0.2) is 9.67 Å². The molecule has 0 amide bonds. The Balaban J connectivity index is 2.10. The molecule has 0 saturated heterocycles. The first-order valence-electron chi connectivity index (χ1n) is 7.98. The van der Waals surface area contributed by atoms with Crippen molar-refractivity contribution in [2.45, 2.75) is 12.4 Å². The second-order valence-electron chi connectivity index (χ2n) is 5.92. The number of hydrogen-bond donors (Lipinski definition) is 0. The Morgan fingerprint density at radius 1 is 0.893 bits per heavy atom. The van der Waals surface area contributed by atoms with E-state index >= 15 is 0 Å². The molecule has 0 radical (unpaired) electrons. The van der Waals surface area contributed by atoms with Gasteiger partial charge in [0, 0.05) is 13.3 Å². The fraction of sp³-hybridized carbons (Fsp3) is 0.158. The van der Waals surface area contributed by atoms with Gasteiger partial charge in [0.05, 0.1) is 11.1 Å². The summed E-state index contributed by atoms with van der Waals surface area (Å²) >= 11 is 0. The summed E-state index contributed by atoms with van der Waals surface area (Å²) in [5.74, 6) is -0.115. The van der Waals surface area contributed by atoms with Crippen LogP contribution in [0.25, 0.3) is 11.1 Å². The molecule has 2 aromatic carbocycles. The van der Waals surface area contributed by atoms with Crippen molar-refractivity contribution in [3.8, 4) is 11.1 Å². The molecule has 1 aromatic heterocycles. The van der Waals surface area contributed by atoms with E-state index in [0.717, 1.165) is 23.0 Å². The standard InChI is InChI=1S/C19H13F6N3/c1-28-17(26-11-12-6-5-9-14(10-12)18(20,21)22)15(13-7-3-2-4-8-13)16(27-28)19(23,24)25/h2-11H,1H3. The number of alkyl halides is 6. The Bertz CT molecular complexity index is 1000. The molecule has 0 spiro atoms. The minimum atomic E-state index is -4.72. The molecule has 146 valence electrons. The van der Waals surface area contributed by atoms with Gasteiger partial charge in [-0.05, 0) is 23.3 Å². The molecule has 1 heterocycles. The summed E-state index contributed by atoms with van der Waals surface area (Å²) in [6.45, 7) is 0. The van der Waals surface area contributed by atoms with Crippen LogP contribution in [0.15, 0.2) is 59.6 Å². The van der Waals surface area contributed by atoms with Crippen LogP contribution in [0.1, 0.15) is 16.8 Å². The Kier molecular flexibility index (Phi) is 5.01. The predicted octanol–water partition coefficient (Wildman–Crippen LogP) is 5.88. The van der Waals surface area contributed by atoms with Gasteiger partial charge in [0.25, 0.3) is 0 Å². The SMILES string of the molecule is Cn1nc(C(F)(F)F)c(-c2ccccc2)c1N=Cc1cccc(C(F)(F)F)c1. The molecule has 0 saturated carbocycles. The maximum atomic E-state index is 13.4. The number of hydrogen-bond acceptors (Lipinski definition) is 2. The van der Waals surface area contributed by atoms with E-state index in [4.69, 9.17) is 0 Å². The lowest BCUT2D eigenvalue weighted by molar-refractivity contribution is -0.141. The van der Waals surface area contributed by atoms with Crippen LogP contribution in [0.2, 0.25) is 0 Å². The van der Waals surface area contributed by atoms with E-state index in [1.165, 1.54) is 31.3 Å². The monoisotopic (exact) mass is 397 g/mol. The molecule has 0 fully saturated rings. The number of aliphatic imine (C=N–C) groups is 1. The minimum Gasteiger partial charge on any atom is -0.250 e. The normalized spacial score (nSPS) is 12.7. The van der Waals surface area contributed by atoms with E-state index in [2.05, 4.69) is 10.1 Å². The maximum Gasteiger partial charge on any atom is 0.435 e. The predicted molar refractivity (Wildman–Crippen MR) is 92.3 cm³/mol. The largest absolute Gasteiger partial charge is 0.435 e. The van der Waals surface area contributed by atoms with Gasteiger partial charge >= 0.3 is 12.4 Å². The van der Waals surface area contributed by atoms with Crippen LogP contribution < -0.4 is 0 Å². The topological polar surface area (TPSA) is 30.2 Å². The van der Waals surface area contributed by atoms with Crippen LogP contribution >= 0.6 is 0 Å². The van der Waals surface area contributed by atoms with Gasteiger partial charge in [0.2, 0.25) is 0 Å². The lowest BCUT2D eigenvalue weighted by atomic mass is 10.1. The van der Waals surface area contributed by atoms with Gasteiger partial charge in [-0.2, -0.15) is 31.4 Å². The minimum absolute atomic E-state index is 0.101. The van der Waals surface area contributed by atoms with Crippen LogP contribution in [0, 0.1) is 0 Å². The van der Waals surface area contributed by atoms with Crippen LogP contribution in [-0.2, 0) is 19.4 Å². The molecular formula is C19H13F6N3. The first-order valence-corrected chi connectivity index (χ1v) is 7.98. The number of aryl methyl sites for hydroxylation is 1. The van der Waals surface area contributed by atoms with Gasteiger partial charge in [0.15, 0.2) is 11.5 Å². The van der Waals surface area contributed by atoms with Crippen molar-refractivity contribution in [1.82, 2.24) is 9.78 Å². The van der Waals surface area contributed by atoms with Crippen molar-refractivity contribution in [2.75, 3.05) is 0 Å². The Morgan fingerprint density at radius 2 is 1.57 bits per heavy atom. The summed E-state index contributed by atoms with van der Waals surface area (Å²) in [4.78, 5) is 4.02. The molecule has 3 nitrogen and oxygen atoms in total. The zero-order valence-electron chi connectivity index (χ0n) is 14.4. The van der Waals surface area contributed by atoms with E-state index in [-0.39, 0.29) is 22.5 Å². The molecule has 3 aromatic rings. The number of nitrogens with zero attached hydrogens (tertiary/aromatic N) is 3. The summed E-state index contributed by atoms with van der Waals surface area (Å²) in [7, 11) is 1.29. The van der Waals surface area contributed by atoms with Crippen molar-refractivity contribution in [3.05, 3.63) is 71.4 Å². The summed E-state index contributed by atoms with van der Waals surface area (Å²) in [6, 6.07) is 12.1. The van der Waals surface area contributed by atoms with E-state index in [1.54, 1.807) is 18.2 Å². The second-order valence-corrected chi connectivity index (χ2v) is 5.92. The highest BCUT2D eigenvalue weighted by molar-refractivity contribution is 5.86. The molecule has 28 heavy (non-hydrogen) atoms. The lowest BCUT2D eigenvalue weighted by Gasteiger charge is -2.07. The molecular weight excluding hydrogens is 384 g/mol. The molecule has 0 unspecified atom stereocenters. The molecule has 0 bridgehead atoms. The van der Waals surface area contributed by atoms with Crippen molar-refractivity contribution >= 4 is 12.0 Å². The highest BCUT2D eigenvalue weighted by atomic mass is 19.4. The summed E-state index contributed by atoms with van der Waals surface area (Å²) in [5, 5.41) is 3.53. The molecule has 9 heteroatoms. The van der Waals surface area contributed by atoms with Crippen LogP contribution in [0.3, 0.4) is 0 Å². The van der Waals surface area contributed by atoms with Crippen LogP contribution in [0.5, 0.6) is 0 Å². The van der Waals surface area contributed by atoms with E-state index in [1.807, 2.05) is 0 Å². The number of aromatic nitrogens is 2. The van der Waals surface area contributed by atoms with E-state index in [0.29, 0.717) is 0 Å². The first kappa shape index (κ1) is 19.7. The molecule has 0 aliphatic carbocycles. The van der Waals surface area contributed by atoms with E-state index in [9.17, 15) is 26.3 Å². The van der Waals surface area contributed by atoms with Gasteiger partial charge < -0.3 is 0 Å². The lowest BCUT2D eigenvalue weighted by Crippen LogP contribution is -2.08. The second kappa shape index (κ2) is 7.14. The van der Waals surface area contributed by atoms with Crippen molar-refractivity contribution in [2.24, 2.45) is 12.0 Å². The van der Waals surface area contributed by atoms with Crippen LogP contribution in [0.4, 0.5) is 32.2 Å². The fourth-order valence-electron chi connectivity index (χ4n) is 2.66. The molecule has 0 aliphatic heterocycles. The smallest absolute Gasteiger partial charge is 0.250 e. The van der Waals surface area contributed by atoms with Crippen molar-refractivity contribution < 1.29 is 26.3 Å². The van der Waals surface area contributed by atoms with Crippen LogP contribution in [-0.4, -0.2) is 16.0 Å². The van der Waals surface area contributed by atoms with E-state index < -0.39 is 23.6 Å². The third kappa shape index (κ3) is 4.08. The molecule has 3 rings (SSSR count). The van der Waals surface area contributed by atoms with Gasteiger partial charge in [-0.15, -0.1) is 0 Å². The number of rotatable bonds is 3. The third-order valence-electron chi connectivity index (χ3n) is 3.90. The van der Waals surface area contributed by atoms with Gasteiger partial charge in [-0.3, -0.25) is 0 Å². The Morgan fingerprint density at radius 3 is 2.18 bits per heavy atom. The molecule has 0 aliphatic rings. The Hall–Kier alpha value is -3.10. The Labute approximate surface area is 156 Å². The molecule has 0 N–H and O–H groups in total. The van der Waals surface area contributed by atoms with Gasteiger partial charge in [-0.1, -0.05) is 42.5 Å². The highest BCUT2D eigenvalue weighted by Gasteiger charge is 2.39. The highest BCUT2D eigenvalue weighted by Crippen LogP contribution is 2.41. The quantitative estimate of drug-likeness (QED) is 0.401. The number of halogens is 6. The molecule has 0 atom stereocenters. The first-order chi connectivity index (χ1) is 13.1. The summed E-state index contributed by atoms with van der Waals surface area (Å²) < 4.78 is 79.7. The zero-order chi connectivity index (χ0) is 20.5. The van der Waals surface area contributed by atoms with Crippen molar-refractivity contribution in [1.29, 1.82) is 0 Å². The third-order valence-corrected chi connectivity index (χ3v) is 3.90. The zero-order valence-corrected chi connectivity index (χ0v) is 14.4. The number of benzene rings is 2. The average molecular weight is 397 g/mol. The maximum absolute atomic E-state index is 13.4. The summed E-state index contributed by atoms with van der Waals surface area (Å²) in [5.41, 5.74) is -1.88. The van der Waals surface area contributed by atoms with Crippen molar-refractivity contribution in [3.63, 3.8) is 0 Å².